The molecule has 0 heterocycles. The lowest BCUT2D eigenvalue weighted by atomic mass is 10.2. The van der Waals surface area contributed by atoms with Crippen molar-refractivity contribution in [3.8, 4) is 11.5 Å². The van der Waals surface area contributed by atoms with Crippen LogP contribution < -0.4 is 20.1 Å². The summed E-state index contributed by atoms with van der Waals surface area (Å²) >= 11 is 0. The monoisotopic (exact) mass is 413 g/mol. The van der Waals surface area contributed by atoms with Crippen molar-refractivity contribution in [3.63, 3.8) is 0 Å². The number of ether oxygens (including phenoxy) is 2. The summed E-state index contributed by atoms with van der Waals surface area (Å²) in [5.74, 6) is 0.822. The second-order valence-corrected chi connectivity index (χ2v) is 7.03. The Morgan fingerprint density at radius 3 is 2.30 bits per heavy atom. The van der Waals surface area contributed by atoms with Gasteiger partial charge in [-0.05, 0) is 64.6 Å². The Bertz CT molecular complexity index is 869. The van der Waals surface area contributed by atoms with E-state index < -0.39 is 6.04 Å². The Morgan fingerprint density at radius 1 is 0.967 bits per heavy atom. The smallest absolute Gasteiger partial charge is 0.241 e. The van der Waals surface area contributed by atoms with E-state index in [1.165, 1.54) is 0 Å². The van der Waals surface area contributed by atoms with Crippen molar-refractivity contribution in [2.24, 2.45) is 0 Å². The molecule has 2 aromatic rings. The van der Waals surface area contributed by atoms with E-state index in [-0.39, 0.29) is 18.4 Å². The molecule has 2 amide bonds. The zero-order valence-corrected chi connectivity index (χ0v) is 18.3. The van der Waals surface area contributed by atoms with Crippen molar-refractivity contribution in [3.05, 3.63) is 48.0 Å². The van der Waals surface area contributed by atoms with E-state index in [1.807, 2.05) is 45.0 Å². The van der Waals surface area contributed by atoms with Gasteiger partial charge in [-0.2, -0.15) is 0 Å². The number of amides is 2. The summed E-state index contributed by atoms with van der Waals surface area (Å²) in [5.41, 5.74) is 2.41. The van der Waals surface area contributed by atoms with E-state index in [0.717, 1.165) is 11.3 Å². The minimum atomic E-state index is -0.476. The third-order valence-corrected chi connectivity index (χ3v) is 4.55. The van der Waals surface area contributed by atoms with Gasteiger partial charge in [0.1, 0.15) is 0 Å². The van der Waals surface area contributed by atoms with E-state index >= 15 is 0 Å². The van der Waals surface area contributed by atoms with Crippen molar-refractivity contribution in [2.45, 2.75) is 33.7 Å². The summed E-state index contributed by atoms with van der Waals surface area (Å²) in [6.07, 6.45) is 0. The van der Waals surface area contributed by atoms with Crippen molar-refractivity contribution in [2.75, 3.05) is 37.4 Å². The Morgan fingerprint density at radius 2 is 1.63 bits per heavy atom. The number of likely N-dealkylation sites (N-methyl/N-ethyl adjacent to an activating group) is 1. The maximum absolute atomic E-state index is 12.5. The Kier molecular flexibility index (Phi) is 8.68. The fourth-order valence-electron chi connectivity index (χ4n) is 2.86. The molecule has 1 atom stereocenters. The maximum atomic E-state index is 12.5. The molecule has 0 bridgehead atoms. The number of benzene rings is 2. The van der Waals surface area contributed by atoms with E-state index in [2.05, 4.69) is 10.6 Å². The highest BCUT2D eigenvalue weighted by molar-refractivity contribution is 5.96. The predicted molar refractivity (Wildman–Crippen MR) is 119 cm³/mol. The van der Waals surface area contributed by atoms with Crippen LogP contribution in [-0.4, -0.2) is 49.6 Å². The van der Waals surface area contributed by atoms with Gasteiger partial charge in [-0.15, -0.1) is 0 Å². The van der Waals surface area contributed by atoms with E-state index in [0.29, 0.717) is 30.4 Å². The SMILES string of the molecule is CCOc1ccc(NC(=O)CN(C)C(C)C(=O)Nc2cccc(C)c2)cc1OCC. The van der Waals surface area contributed by atoms with Crippen molar-refractivity contribution < 1.29 is 19.1 Å². The van der Waals surface area contributed by atoms with Gasteiger partial charge in [-0.3, -0.25) is 14.5 Å². The number of carbonyl (C=O) groups excluding carboxylic acids is 2. The van der Waals surface area contributed by atoms with Gasteiger partial charge in [-0.25, -0.2) is 0 Å². The normalized spacial score (nSPS) is 11.7. The minimum absolute atomic E-state index is 0.0690. The zero-order chi connectivity index (χ0) is 22.1. The van der Waals surface area contributed by atoms with Crippen LogP contribution in [-0.2, 0) is 9.59 Å². The number of hydrogen-bond acceptors (Lipinski definition) is 5. The van der Waals surface area contributed by atoms with Gasteiger partial charge >= 0.3 is 0 Å². The summed E-state index contributed by atoms with van der Waals surface area (Å²) in [6, 6.07) is 12.4. The van der Waals surface area contributed by atoms with Gasteiger partial charge in [0, 0.05) is 17.4 Å². The van der Waals surface area contributed by atoms with Gasteiger partial charge < -0.3 is 20.1 Å². The quantitative estimate of drug-likeness (QED) is 0.621. The first-order valence-electron chi connectivity index (χ1n) is 10.1. The number of aryl methyl sites for hydroxylation is 1. The molecule has 0 fully saturated rings. The molecule has 0 saturated heterocycles. The van der Waals surface area contributed by atoms with Gasteiger partial charge in [0.25, 0.3) is 0 Å². The van der Waals surface area contributed by atoms with Gasteiger partial charge in [0.15, 0.2) is 11.5 Å². The topological polar surface area (TPSA) is 79.9 Å². The molecule has 0 aliphatic rings. The minimum Gasteiger partial charge on any atom is -0.490 e. The van der Waals surface area contributed by atoms with E-state index in [9.17, 15) is 9.59 Å². The summed E-state index contributed by atoms with van der Waals surface area (Å²) in [5, 5.41) is 5.73. The second kappa shape index (κ2) is 11.2. The fraction of sp³-hybridized carbons (Fsp3) is 0.391. The summed E-state index contributed by atoms with van der Waals surface area (Å²) in [7, 11) is 1.74. The molecule has 2 N–H and O–H groups in total. The lowest BCUT2D eigenvalue weighted by Gasteiger charge is -2.23. The number of rotatable bonds is 10. The molecule has 7 nitrogen and oxygen atoms in total. The fourth-order valence-corrected chi connectivity index (χ4v) is 2.86. The number of hydrogen-bond donors (Lipinski definition) is 2. The average molecular weight is 414 g/mol. The zero-order valence-electron chi connectivity index (χ0n) is 18.3. The molecule has 0 radical (unpaired) electrons. The average Bonchev–Trinajstić information content (AvgIpc) is 2.69. The number of carbonyl (C=O) groups is 2. The molecular formula is C23H31N3O4. The summed E-state index contributed by atoms with van der Waals surface area (Å²) < 4.78 is 11.1. The van der Waals surface area contributed by atoms with Crippen LogP contribution in [0.5, 0.6) is 11.5 Å². The molecular weight excluding hydrogens is 382 g/mol. The molecule has 0 aromatic heterocycles. The highest BCUT2D eigenvalue weighted by Gasteiger charge is 2.20. The number of nitrogens with zero attached hydrogens (tertiary/aromatic N) is 1. The predicted octanol–water partition coefficient (Wildman–Crippen LogP) is 3.69. The molecule has 30 heavy (non-hydrogen) atoms. The summed E-state index contributed by atoms with van der Waals surface area (Å²) in [4.78, 5) is 26.7. The maximum Gasteiger partial charge on any atom is 0.241 e. The third kappa shape index (κ3) is 6.77. The van der Waals surface area contributed by atoms with Gasteiger partial charge in [0.2, 0.25) is 11.8 Å². The van der Waals surface area contributed by atoms with Crippen molar-refractivity contribution in [1.82, 2.24) is 4.90 Å². The Hall–Kier alpha value is -3.06. The first-order chi connectivity index (χ1) is 14.3. The van der Waals surface area contributed by atoms with E-state index in [1.54, 1.807) is 37.1 Å². The molecule has 2 rings (SSSR count). The van der Waals surface area contributed by atoms with Crippen LogP contribution >= 0.6 is 0 Å². The van der Waals surface area contributed by atoms with Crippen molar-refractivity contribution in [1.29, 1.82) is 0 Å². The molecule has 7 heteroatoms. The Labute approximate surface area is 178 Å². The van der Waals surface area contributed by atoms with Crippen LogP contribution in [0.15, 0.2) is 42.5 Å². The highest BCUT2D eigenvalue weighted by Crippen LogP contribution is 2.30. The third-order valence-electron chi connectivity index (χ3n) is 4.55. The second-order valence-electron chi connectivity index (χ2n) is 7.03. The van der Waals surface area contributed by atoms with Crippen molar-refractivity contribution >= 4 is 23.2 Å². The van der Waals surface area contributed by atoms with Crippen LogP contribution in [0.3, 0.4) is 0 Å². The van der Waals surface area contributed by atoms with Crippen LogP contribution in [0.1, 0.15) is 26.3 Å². The van der Waals surface area contributed by atoms with Crippen LogP contribution in [0.4, 0.5) is 11.4 Å². The van der Waals surface area contributed by atoms with Crippen LogP contribution in [0.25, 0.3) is 0 Å². The highest BCUT2D eigenvalue weighted by atomic mass is 16.5. The first kappa shape index (κ1) is 23.2. The lowest BCUT2D eigenvalue weighted by Crippen LogP contribution is -2.43. The lowest BCUT2D eigenvalue weighted by molar-refractivity contribution is -0.122. The molecule has 1 unspecified atom stereocenters. The molecule has 0 saturated carbocycles. The molecule has 162 valence electrons. The first-order valence-corrected chi connectivity index (χ1v) is 10.1. The van der Waals surface area contributed by atoms with Crippen LogP contribution in [0, 0.1) is 6.92 Å². The molecule has 0 aliphatic carbocycles. The standard InChI is InChI=1S/C23H31N3O4/c1-6-29-20-12-11-19(14-21(20)30-7-2)24-22(27)15-26(5)17(4)23(28)25-18-10-8-9-16(3)13-18/h8-14,17H,6-7,15H2,1-5H3,(H,24,27)(H,25,28). The van der Waals surface area contributed by atoms with Crippen LogP contribution in [0.2, 0.25) is 0 Å². The molecule has 0 aliphatic heterocycles. The molecule has 2 aromatic carbocycles. The van der Waals surface area contributed by atoms with Gasteiger partial charge in [0.05, 0.1) is 25.8 Å². The molecule has 0 spiro atoms. The van der Waals surface area contributed by atoms with Gasteiger partial charge in [-0.1, -0.05) is 12.1 Å². The number of nitrogens with one attached hydrogen (secondary N) is 2. The van der Waals surface area contributed by atoms with E-state index in [4.69, 9.17) is 9.47 Å². The summed E-state index contributed by atoms with van der Waals surface area (Å²) in [6.45, 7) is 8.61. The number of anilines is 2. The Balaban J connectivity index is 1.94. The largest absolute Gasteiger partial charge is 0.490 e.